The first-order valence-corrected chi connectivity index (χ1v) is 7.61. The summed E-state index contributed by atoms with van der Waals surface area (Å²) in [7, 11) is 0. The molecule has 0 radical (unpaired) electrons. The number of carbonyl (C=O) groups is 1. The first-order chi connectivity index (χ1) is 10.8. The fourth-order valence-corrected chi connectivity index (χ4v) is 3.04. The van der Waals surface area contributed by atoms with Gasteiger partial charge in [0.1, 0.15) is 0 Å². The van der Waals surface area contributed by atoms with E-state index >= 15 is 0 Å². The molecule has 3 nitrogen and oxygen atoms in total. The van der Waals surface area contributed by atoms with E-state index in [4.69, 9.17) is 4.74 Å². The maximum absolute atomic E-state index is 13.5. The quantitative estimate of drug-likeness (QED) is 0.826. The summed E-state index contributed by atoms with van der Waals surface area (Å²) >= 11 is 0. The van der Waals surface area contributed by atoms with E-state index in [0.717, 1.165) is 6.07 Å². The van der Waals surface area contributed by atoms with Crippen molar-refractivity contribution in [1.82, 2.24) is 4.90 Å². The molecule has 2 aliphatic rings. The lowest BCUT2D eigenvalue weighted by atomic mass is 9.94. The van der Waals surface area contributed by atoms with Crippen molar-refractivity contribution in [3.05, 3.63) is 40.5 Å². The van der Waals surface area contributed by atoms with E-state index in [1.807, 2.05) is 6.08 Å². The number of amides is 1. The molecule has 0 atom stereocenters. The van der Waals surface area contributed by atoms with Crippen molar-refractivity contribution in [2.24, 2.45) is 0 Å². The van der Waals surface area contributed by atoms with Crippen molar-refractivity contribution in [3.8, 4) is 0 Å². The van der Waals surface area contributed by atoms with Crippen molar-refractivity contribution in [2.45, 2.75) is 39.0 Å². The molecule has 0 aromatic heterocycles. The topological polar surface area (TPSA) is 29.5 Å². The fraction of sp³-hybridized carbons (Fsp3) is 0.471. The van der Waals surface area contributed by atoms with E-state index in [1.54, 1.807) is 19.9 Å². The monoisotopic (exact) mass is 325 g/mol. The standard InChI is InChI=1S/C17H18F3NO2/c1-10(2)21-8-14-13(16(21)22)6-12(7-15(14)17(18,19)20)11-4-3-5-23-9-11/h4,6-7,10H,3,5,8-9H2,1-2H3. The highest BCUT2D eigenvalue weighted by molar-refractivity contribution is 6.00. The molecule has 1 aromatic carbocycles. The minimum absolute atomic E-state index is 0.0104. The van der Waals surface area contributed by atoms with E-state index in [-0.39, 0.29) is 36.2 Å². The summed E-state index contributed by atoms with van der Waals surface area (Å²) < 4.78 is 45.7. The molecule has 124 valence electrons. The predicted octanol–water partition coefficient (Wildman–Crippen LogP) is 3.87. The van der Waals surface area contributed by atoms with Gasteiger partial charge in [-0.1, -0.05) is 6.08 Å². The van der Waals surface area contributed by atoms with Crippen LogP contribution in [0.2, 0.25) is 0 Å². The van der Waals surface area contributed by atoms with Crippen LogP contribution in [0.1, 0.15) is 47.3 Å². The van der Waals surface area contributed by atoms with Crippen molar-refractivity contribution in [1.29, 1.82) is 0 Å². The lowest BCUT2D eigenvalue weighted by molar-refractivity contribution is -0.138. The number of benzene rings is 1. The molecule has 3 rings (SSSR count). The third-order valence-corrected chi connectivity index (χ3v) is 4.28. The molecule has 1 aromatic rings. The van der Waals surface area contributed by atoms with Crippen molar-refractivity contribution < 1.29 is 22.7 Å². The summed E-state index contributed by atoms with van der Waals surface area (Å²) in [6.45, 7) is 4.46. The molecule has 2 aliphatic heterocycles. The molecule has 0 saturated heterocycles. The van der Waals surface area contributed by atoms with Gasteiger partial charge in [-0.15, -0.1) is 0 Å². The van der Waals surface area contributed by atoms with E-state index in [9.17, 15) is 18.0 Å². The first-order valence-electron chi connectivity index (χ1n) is 7.61. The summed E-state index contributed by atoms with van der Waals surface area (Å²) in [4.78, 5) is 13.9. The van der Waals surface area contributed by atoms with Crippen molar-refractivity contribution in [3.63, 3.8) is 0 Å². The molecule has 0 bridgehead atoms. The van der Waals surface area contributed by atoms with Crippen LogP contribution in [0, 0.1) is 0 Å². The molecule has 6 heteroatoms. The maximum atomic E-state index is 13.5. The molecule has 23 heavy (non-hydrogen) atoms. The van der Waals surface area contributed by atoms with Gasteiger partial charge in [-0.3, -0.25) is 4.79 Å². The number of alkyl halides is 3. The Labute approximate surface area is 132 Å². The van der Waals surface area contributed by atoms with Crippen molar-refractivity contribution in [2.75, 3.05) is 13.2 Å². The van der Waals surface area contributed by atoms with Gasteiger partial charge in [-0.2, -0.15) is 13.2 Å². The molecule has 0 spiro atoms. The van der Waals surface area contributed by atoms with Gasteiger partial charge in [0, 0.05) is 18.2 Å². The summed E-state index contributed by atoms with van der Waals surface area (Å²) in [5, 5.41) is 0. The van der Waals surface area contributed by atoms with Crippen LogP contribution in [0.25, 0.3) is 5.57 Å². The second kappa shape index (κ2) is 5.67. The average molecular weight is 325 g/mol. The zero-order chi connectivity index (χ0) is 16.8. The molecule has 0 aliphatic carbocycles. The van der Waals surface area contributed by atoms with E-state index < -0.39 is 11.7 Å². The lowest BCUT2D eigenvalue weighted by Gasteiger charge is -2.20. The third kappa shape index (κ3) is 2.87. The number of nitrogens with zero attached hydrogens (tertiary/aromatic N) is 1. The van der Waals surface area contributed by atoms with Crippen molar-refractivity contribution >= 4 is 11.5 Å². The molecular formula is C17H18F3NO2. The minimum Gasteiger partial charge on any atom is -0.376 e. The number of fused-ring (bicyclic) bond motifs is 1. The molecule has 0 unspecified atom stereocenters. The fourth-order valence-electron chi connectivity index (χ4n) is 3.04. The maximum Gasteiger partial charge on any atom is 0.416 e. The Balaban J connectivity index is 2.14. The predicted molar refractivity (Wildman–Crippen MR) is 79.9 cm³/mol. The van der Waals surface area contributed by atoms with Crippen LogP contribution in [-0.4, -0.2) is 30.1 Å². The zero-order valence-corrected chi connectivity index (χ0v) is 13.0. The first kappa shape index (κ1) is 16.1. The number of hydrogen-bond donors (Lipinski definition) is 0. The minimum atomic E-state index is -4.48. The Morgan fingerprint density at radius 1 is 1.26 bits per heavy atom. The van der Waals surface area contributed by atoms with Gasteiger partial charge in [0.15, 0.2) is 0 Å². The van der Waals surface area contributed by atoms with Gasteiger partial charge in [-0.25, -0.2) is 0 Å². The summed E-state index contributed by atoms with van der Waals surface area (Å²) in [6, 6.07) is 2.59. The van der Waals surface area contributed by atoms with Gasteiger partial charge in [0.2, 0.25) is 0 Å². The van der Waals surface area contributed by atoms with Crippen LogP contribution < -0.4 is 0 Å². The molecule has 0 fully saturated rings. The van der Waals surface area contributed by atoms with Crippen LogP contribution in [0.4, 0.5) is 13.2 Å². The molecule has 2 heterocycles. The van der Waals surface area contributed by atoms with Crippen LogP contribution >= 0.6 is 0 Å². The van der Waals surface area contributed by atoms with Gasteiger partial charge < -0.3 is 9.64 Å². The van der Waals surface area contributed by atoms with Gasteiger partial charge >= 0.3 is 6.18 Å². The average Bonchev–Trinajstić information content (AvgIpc) is 2.84. The van der Waals surface area contributed by atoms with Crippen LogP contribution in [0.3, 0.4) is 0 Å². The Morgan fingerprint density at radius 3 is 2.57 bits per heavy atom. The van der Waals surface area contributed by atoms with Crippen LogP contribution in [0.15, 0.2) is 18.2 Å². The SMILES string of the molecule is CC(C)N1Cc2c(cc(C3=CCCOC3)cc2C(F)(F)F)C1=O. The summed E-state index contributed by atoms with van der Waals surface area (Å²) in [5.41, 5.74) is 0.662. The van der Waals surface area contributed by atoms with Crippen LogP contribution in [0.5, 0.6) is 0 Å². The highest BCUT2D eigenvalue weighted by Crippen LogP contribution is 2.40. The third-order valence-electron chi connectivity index (χ3n) is 4.28. The zero-order valence-electron chi connectivity index (χ0n) is 13.0. The Bertz CT molecular complexity index is 677. The largest absolute Gasteiger partial charge is 0.416 e. The van der Waals surface area contributed by atoms with Crippen LogP contribution in [-0.2, 0) is 17.5 Å². The van der Waals surface area contributed by atoms with Gasteiger partial charge in [0.05, 0.1) is 18.8 Å². The summed E-state index contributed by atoms with van der Waals surface area (Å²) in [6.07, 6.45) is -1.94. The smallest absolute Gasteiger partial charge is 0.376 e. The number of hydrogen-bond acceptors (Lipinski definition) is 2. The normalized spacial score (nSPS) is 18.4. The number of ether oxygens (including phenoxy) is 1. The van der Waals surface area contributed by atoms with Gasteiger partial charge in [0.25, 0.3) is 5.91 Å². The second-order valence-corrected chi connectivity index (χ2v) is 6.15. The Hall–Kier alpha value is -1.82. The van der Waals surface area contributed by atoms with E-state index in [1.165, 1.54) is 4.90 Å². The second-order valence-electron chi connectivity index (χ2n) is 6.15. The lowest BCUT2D eigenvalue weighted by Crippen LogP contribution is -2.30. The Morgan fingerprint density at radius 2 is 2.00 bits per heavy atom. The number of carbonyl (C=O) groups excluding carboxylic acids is 1. The highest BCUT2D eigenvalue weighted by Gasteiger charge is 2.40. The number of halogens is 3. The number of rotatable bonds is 2. The molecule has 1 amide bonds. The van der Waals surface area contributed by atoms with Gasteiger partial charge in [-0.05, 0) is 49.1 Å². The van der Waals surface area contributed by atoms with E-state index in [0.29, 0.717) is 24.2 Å². The summed E-state index contributed by atoms with van der Waals surface area (Å²) in [5.74, 6) is -0.334. The molecule has 0 saturated carbocycles. The Kier molecular flexibility index (Phi) is 3.96. The highest BCUT2D eigenvalue weighted by atomic mass is 19.4. The molecule has 0 N–H and O–H groups in total. The van der Waals surface area contributed by atoms with E-state index in [2.05, 4.69) is 0 Å². The molecular weight excluding hydrogens is 307 g/mol.